The van der Waals surface area contributed by atoms with E-state index in [0.717, 1.165) is 54.3 Å². The lowest BCUT2D eigenvalue weighted by atomic mass is 10.0. The molecule has 1 aromatic heterocycles. The van der Waals surface area contributed by atoms with Crippen LogP contribution in [-0.4, -0.2) is 51.9 Å². The van der Waals surface area contributed by atoms with Crippen molar-refractivity contribution in [3.05, 3.63) is 98.5 Å². The summed E-state index contributed by atoms with van der Waals surface area (Å²) in [7, 11) is 0. The Kier molecular flexibility index (Phi) is 8.28. The second-order valence-electron chi connectivity index (χ2n) is 9.38. The quantitative estimate of drug-likeness (QED) is 0.261. The van der Waals surface area contributed by atoms with E-state index in [9.17, 15) is 14.9 Å². The number of aromatic nitrogens is 2. The molecule has 1 fully saturated rings. The fraction of sp³-hybridized carbons (Fsp3) is 0.345. The molecule has 4 rings (SSSR count). The molecule has 0 bridgehead atoms. The maximum absolute atomic E-state index is 12.9. The van der Waals surface area contributed by atoms with Gasteiger partial charge in [0.2, 0.25) is 5.91 Å². The van der Waals surface area contributed by atoms with E-state index in [-0.39, 0.29) is 11.6 Å². The highest BCUT2D eigenvalue weighted by molar-refractivity contribution is 5.91. The van der Waals surface area contributed by atoms with E-state index in [4.69, 9.17) is 9.97 Å². The number of anilines is 1. The summed E-state index contributed by atoms with van der Waals surface area (Å²) < 4.78 is 0. The summed E-state index contributed by atoms with van der Waals surface area (Å²) in [6, 6.07) is 14.8. The molecule has 1 aliphatic heterocycles. The van der Waals surface area contributed by atoms with Gasteiger partial charge in [0, 0.05) is 62.1 Å². The Morgan fingerprint density at radius 1 is 1.00 bits per heavy atom. The molecule has 2 heterocycles. The molecule has 0 radical (unpaired) electrons. The van der Waals surface area contributed by atoms with Crippen LogP contribution >= 0.6 is 0 Å². The normalized spacial score (nSPS) is 14.1. The number of nitro groups is 1. The van der Waals surface area contributed by atoms with Crippen LogP contribution in [0.5, 0.6) is 0 Å². The molecule has 0 spiro atoms. The molecular weight excluding hydrogens is 466 g/mol. The summed E-state index contributed by atoms with van der Waals surface area (Å²) in [6.45, 7) is 8.93. The summed E-state index contributed by atoms with van der Waals surface area (Å²) in [5, 5.41) is 10.8. The third kappa shape index (κ3) is 6.58. The van der Waals surface area contributed by atoms with E-state index >= 15 is 0 Å². The van der Waals surface area contributed by atoms with Crippen molar-refractivity contribution in [3.8, 4) is 0 Å². The lowest BCUT2D eigenvalue weighted by Crippen LogP contribution is -2.35. The Morgan fingerprint density at radius 2 is 1.73 bits per heavy atom. The average Bonchev–Trinajstić information content (AvgIpc) is 3.16. The summed E-state index contributed by atoms with van der Waals surface area (Å²) in [5.74, 6) is 1.68. The van der Waals surface area contributed by atoms with Crippen LogP contribution in [0.1, 0.15) is 47.1 Å². The SMILES string of the molecule is CCc1nc(C)nc(N2CCCN(C(=O)/C=C/c3ccc([N+](=O)[O-])cc3)CC2)c1Cc1ccc(C)cc1. The summed E-state index contributed by atoms with van der Waals surface area (Å²) in [6.07, 6.45) is 5.70. The molecule has 37 heavy (non-hydrogen) atoms. The van der Waals surface area contributed by atoms with Gasteiger partial charge in [-0.3, -0.25) is 14.9 Å². The summed E-state index contributed by atoms with van der Waals surface area (Å²) in [4.78, 5) is 37.1. The molecule has 0 unspecified atom stereocenters. The Balaban J connectivity index is 1.49. The smallest absolute Gasteiger partial charge is 0.269 e. The minimum Gasteiger partial charge on any atom is -0.354 e. The molecule has 3 aromatic rings. The number of hydrogen-bond acceptors (Lipinski definition) is 6. The molecule has 8 nitrogen and oxygen atoms in total. The number of benzene rings is 2. The molecule has 192 valence electrons. The number of nitrogens with zero attached hydrogens (tertiary/aromatic N) is 5. The van der Waals surface area contributed by atoms with Crippen molar-refractivity contribution in [2.45, 2.75) is 40.0 Å². The number of rotatable bonds is 7. The fourth-order valence-electron chi connectivity index (χ4n) is 4.61. The predicted molar refractivity (Wildman–Crippen MR) is 146 cm³/mol. The van der Waals surface area contributed by atoms with E-state index in [1.165, 1.54) is 23.3 Å². The zero-order valence-electron chi connectivity index (χ0n) is 21.7. The number of carbonyl (C=O) groups is 1. The maximum atomic E-state index is 12.9. The second-order valence-corrected chi connectivity index (χ2v) is 9.38. The van der Waals surface area contributed by atoms with Gasteiger partial charge < -0.3 is 9.80 Å². The number of carbonyl (C=O) groups excluding carboxylic acids is 1. The monoisotopic (exact) mass is 499 g/mol. The number of amides is 1. The highest BCUT2D eigenvalue weighted by Gasteiger charge is 2.23. The van der Waals surface area contributed by atoms with Gasteiger partial charge in [-0.25, -0.2) is 9.97 Å². The van der Waals surface area contributed by atoms with E-state index in [1.54, 1.807) is 24.3 Å². The molecule has 0 N–H and O–H groups in total. The highest BCUT2D eigenvalue weighted by atomic mass is 16.6. The van der Waals surface area contributed by atoms with E-state index < -0.39 is 4.92 Å². The predicted octanol–water partition coefficient (Wildman–Crippen LogP) is 4.91. The van der Waals surface area contributed by atoms with Crippen molar-refractivity contribution in [1.29, 1.82) is 0 Å². The average molecular weight is 500 g/mol. The molecular formula is C29H33N5O3. The van der Waals surface area contributed by atoms with Crippen molar-refractivity contribution >= 4 is 23.5 Å². The molecule has 1 aliphatic rings. The Morgan fingerprint density at radius 3 is 2.41 bits per heavy atom. The minimum absolute atomic E-state index is 0.0315. The number of aryl methyl sites for hydroxylation is 3. The van der Waals surface area contributed by atoms with Gasteiger partial charge in [-0.2, -0.15) is 0 Å². The van der Waals surface area contributed by atoms with Crippen molar-refractivity contribution in [2.75, 3.05) is 31.1 Å². The van der Waals surface area contributed by atoms with Gasteiger partial charge in [0.1, 0.15) is 11.6 Å². The Bertz CT molecular complexity index is 1290. The number of non-ortho nitro benzene ring substituents is 1. The molecule has 2 aromatic carbocycles. The Labute approximate surface area is 217 Å². The first-order valence-electron chi connectivity index (χ1n) is 12.7. The fourth-order valence-corrected chi connectivity index (χ4v) is 4.61. The lowest BCUT2D eigenvalue weighted by Gasteiger charge is -2.26. The standard InChI is InChI=1S/C29H33N5O3/c1-4-27-26(20-24-8-6-21(2)7-9-24)29(31-22(3)30-27)33-17-5-16-32(18-19-33)28(35)15-12-23-10-13-25(14-11-23)34(36)37/h6-15H,4-5,16-20H2,1-3H3/b15-12+. The van der Waals surface area contributed by atoms with Crippen LogP contribution in [0.4, 0.5) is 11.5 Å². The van der Waals surface area contributed by atoms with Crippen molar-refractivity contribution in [1.82, 2.24) is 14.9 Å². The van der Waals surface area contributed by atoms with E-state index in [2.05, 4.69) is 43.0 Å². The molecule has 1 amide bonds. The van der Waals surface area contributed by atoms with Crippen LogP contribution in [-0.2, 0) is 17.6 Å². The summed E-state index contributed by atoms with van der Waals surface area (Å²) >= 11 is 0. The van der Waals surface area contributed by atoms with Gasteiger partial charge in [0.25, 0.3) is 5.69 Å². The first-order chi connectivity index (χ1) is 17.8. The zero-order chi connectivity index (χ0) is 26.4. The van der Waals surface area contributed by atoms with Gasteiger partial charge in [-0.05, 0) is 56.0 Å². The number of nitro benzene ring substituents is 1. The highest BCUT2D eigenvalue weighted by Crippen LogP contribution is 2.26. The van der Waals surface area contributed by atoms with Crippen LogP contribution in [0.25, 0.3) is 6.08 Å². The molecule has 1 saturated heterocycles. The van der Waals surface area contributed by atoms with Gasteiger partial charge >= 0.3 is 0 Å². The van der Waals surface area contributed by atoms with E-state index in [1.807, 2.05) is 11.8 Å². The molecule has 0 aliphatic carbocycles. The van der Waals surface area contributed by atoms with Gasteiger partial charge in [-0.15, -0.1) is 0 Å². The third-order valence-electron chi connectivity index (χ3n) is 6.65. The first kappa shape index (κ1) is 26.0. The Hall–Kier alpha value is -4.07. The van der Waals surface area contributed by atoms with Crippen LogP contribution in [0.15, 0.2) is 54.6 Å². The van der Waals surface area contributed by atoms with Crippen molar-refractivity contribution in [2.24, 2.45) is 0 Å². The van der Waals surface area contributed by atoms with Gasteiger partial charge in [0.15, 0.2) is 0 Å². The lowest BCUT2D eigenvalue weighted by molar-refractivity contribution is -0.384. The molecule has 0 atom stereocenters. The van der Waals surface area contributed by atoms with Gasteiger partial charge in [-0.1, -0.05) is 36.8 Å². The largest absolute Gasteiger partial charge is 0.354 e. The van der Waals surface area contributed by atoms with Crippen LogP contribution in [0.2, 0.25) is 0 Å². The zero-order valence-corrected chi connectivity index (χ0v) is 21.7. The van der Waals surface area contributed by atoms with Gasteiger partial charge in [0.05, 0.1) is 4.92 Å². The maximum Gasteiger partial charge on any atom is 0.269 e. The second kappa shape index (κ2) is 11.8. The van der Waals surface area contributed by atoms with Crippen LogP contribution in [0.3, 0.4) is 0 Å². The molecule has 8 heteroatoms. The minimum atomic E-state index is -0.434. The van der Waals surface area contributed by atoms with Crippen LogP contribution < -0.4 is 4.90 Å². The van der Waals surface area contributed by atoms with Crippen molar-refractivity contribution < 1.29 is 9.72 Å². The number of hydrogen-bond donors (Lipinski definition) is 0. The first-order valence-corrected chi connectivity index (χ1v) is 12.7. The van der Waals surface area contributed by atoms with Crippen LogP contribution in [0, 0.1) is 24.0 Å². The molecule has 0 saturated carbocycles. The summed E-state index contributed by atoms with van der Waals surface area (Å²) in [5.41, 5.74) is 5.49. The topological polar surface area (TPSA) is 92.5 Å². The van der Waals surface area contributed by atoms with E-state index in [0.29, 0.717) is 19.6 Å². The third-order valence-corrected chi connectivity index (χ3v) is 6.65. The van der Waals surface area contributed by atoms with Crippen molar-refractivity contribution in [3.63, 3.8) is 0 Å².